The minimum Gasteiger partial charge on any atom is -0.422 e. The Labute approximate surface area is 146 Å². The normalized spacial score (nSPS) is 10.9. The van der Waals surface area contributed by atoms with Crippen LogP contribution < -0.4 is 4.74 Å². The molecule has 0 aliphatic rings. The highest BCUT2D eigenvalue weighted by Crippen LogP contribution is 2.36. The Morgan fingerprint density at radius 2 is 1.73 bits per heavy atom. The van der Waals surface area contributed by atoms with Crippen LogP contribution in [-0.4, -0.2) is 5.97 Å². The van der Waals surface area contributed by atoms with E-state index >= 15 is 0 Å². The van der Waals surface area contributed by atoms with Gasteiger partial charge < -0.3 is 4.74 Å². The summed E-state index contributed by atoms with van der Waals surface area (Å²) in [7, 11) is 0. The molecule has 0 saturated carbocycles. The minimum atomic E-state index is -0.526. The van der Waals surface area contributed by atoms with Crippen LogP contribution in [0.4, 0.5) is 0 Å². The van der Waals surface area contributed by atoms with E-state index in [-0.39, 0.29) is 0 Å². The molecule has 22 heavy (non-hydrogen) atoms. The van der Waals surface area contributed by atoms with Gasteiger partial charge in [-0.1, -0.05) is 53.0 Å². The summed E-state index contributed by atoms with van der Waals surface area (Å²) in [6, 6.07) is 10.6. The molecule has 0 bridgehead atoms. The van der Waals surface area contributed by atoms with E-state index < -0.39 is 5.97 Å². The number of thiophene rings is 1. The van der Waals surface area contributed by atoms with Gasteiger partial charge in [-0.3, -0.25) is 0 Å². The number of esters is 1. The Balaban J connectivity index is 1.95. The van der Waals surface area contributed by atoms with Crippen molar-refractivity contribution in [2.24, 2.45) is 0 Å². The van der Waals surface area contributed by atoms with E-state index in [4.69, 9.17) is 39.5 Å². The SMILES string of the molecule is Cc1c(Cl)cc(OC(=O)c2sc3ccccc3c2Cl)cc1Cl. The van der Waals surface area contributed by atoms with E-state index in [1.165, 1.54) is 11.3 Å². The lowest BCUT2D eigenvalue weighted by Gasteiger charge is -2.07. The summed E-state index contributed by atoms with van der Waals surface area (Å²) in [5, 5.41) is 2.12. The fourth-order valence-electron chi connectivity index (χ4n) is 1.98. The highest BCUT2D eigenvalue weighted by molar-refractivity contribution is 7.21. The van der Waals surface area contributed by atoms with Crippen molar-refractivity contribution in [2.75, 3.05) is 0 Å². The summed E-state index contributed by atoms with van der Waals surface area (Å²) in [6.45, 7) is 1.79. The molecule has 0 spiro atoms. The number of benzene rings is 2. The van der Waals surface area contributed by atoms with Crippen LogP contribution >= 0.6 is 46.1 Å². The largest absolute Gasteiger partial charge is 0.422 e. The van der Waals surface area contributed by atoms with Crippen LogP contribution in [0.3, 0.4) is 0 Å². The minimum absolute atomic E-state index is 0.291. The first-order valence-electron chi connectivity index (χ1n) is 6.32. The molecule has 0 atom stereocenters. The van der Waals surface area contributed by atoms with Crippen molar-refractivity contribution in [1.82, 2.24) is 0 Å². The maximum atomic E-state index is 12.3. The molecule has 1 heterocycles. The van der Waals surface area contributed by atoms with E-state index in [2.05, 4.69) is 0 Å². The van der Waals surface area contributed by atoms with Gasteiger partial charge >= 0.3 is 5.97 Å². The Bertz CT molecular complexity index is 863. The third kappa shape index (κ3) is 2.82. The van der Waals surface area contributed by atoms with Crippen LogP contribution in [0.2, 0.25) is 15.1 Å². The van der Waals surface area contributed by atoms with E-state index in [9.17, 15) is 4.79 Å². The third-order valence-electron chi connectivity index (χ3n) is 3.19. The summed E-state index contributed by atoms with van der Waals surface area (Å²) in [4.78, 5) is 12.7. The zero-order chi connectivity index (χ0) is 15.9. The van der Waals surface area contributed by atoms with Gasteiger partial charge in [0.05, 0.1) is 5.02 Å². The van der Waals surface area contributed by atoms with E-state index in [0.29, 0.717) is 25.7 Å². The number of fused-ring (bicyclic) bond motifs is 1. The van der Waals surface area contributed by atoms with Crippen LogP contribution in [0.1, 0.15) is 15.2 Å². The highest BCUT2D eigenvalue weighted by atomic mass is 35.5. The molecule has 0 unspecified atom stereocenters. The van der Waals surface area contributed by atoms with Crippen molar-refractivity contribution in [3.63, 3.8) is 0 Å². The molecular weight excluding hydrogens is 363 g/mol. The molecule has 0 aliphatic carbocycles. The molecule has 6 heteroatoms. The predicted molar refractivity (Wildman–Crippen MR) is 93.0 cm³/mol. The molecule has 0 fully saturated rings. The summed E-state index contributed by atoms with van der Waals surface area (Å²) >= 11 is 19.6. The van der Waals surface area contributed by atoms with Gasteiger partial charge in [-0.05, 0) is 30.7 Å². The van der Waals surface area contributed by atoms with Crippen LogP contribution in [0.5, 0.6) is 5.75 Å². The quantitative estimate of drug-likeness (QED) is 0.385. The van der Waals surface area contributed by atoms with Crippen LogP contribution in [0.25, 0.3) is 10.1 Å². The lowest BCUT2D eigenvalue weighted by molar-refractivity contribution is 0.0740. The van der Waals surface area contributed by atoms with Gasteiger partial charge in [0.2, 0.25) is 0 Å². The average molecular weight is 372 g/mol. The van der Waals surface area contributed by atoms with Crippen LogP contribution in [-0.2, 0) is 0 Å². The van der Waals surface area contributed by atoms with Crippen molar-refractivity contribution >= 4 is 62.2 Å². The van der Waals surface area contributed by atoms with E-state index in [1.54, 1.807) is 19.1 Å². The van der Waals surface area contributed by atoms with E-state index in [0.717, 1.165) is 15.6 Å². The molecule has 0 radical (unpaired) electrons. The molecule has 3 rings (SSSR count). The first-order valence-corrected chi connectivity index (χ1v) is 8.27. The number of rotatable bonds is 2. The summed E-state index contributed by atoms with van der Waals surface area (Å²) in [6.07, 6.45) is 0. The maximum Gasteiger partial charge on any atom is 0.355 e. The molecule has 0 saturated heterocycles. The molecular formula is C16H9Cl3O2S. The van der Waals surface area contributed by atoms with Gasteiger partial charge in [-0.25, -0.2) is 4.79 Å². The van der Waals surface area contributed by atoms with Crippen LogP contribution in [0, 0.1) is 6.92 Å². The second-order valence-electron chi connectivity index (χ2n) is 4.64. The number of hydrogen-bond donors (Lipinski definition) is 0. The number of halogens is 3. The van der Waals surface area contributed by atoms with Crippen LogP contribution in [0.15, 0.2) is 36.4 Å². The second-order valence-corrected chi connectivity index (χ2v) is 6.89. The molecule has 0 N–H and O–H groups in total. The zero-order valence-electron chi connectivity index (χ0n) is 11.3. The topological polar surface area (TPSA) is 26.3 Å². The van der Waals surface area contributed by atoms with Crippen molar-refractivity contribution < 1.29 is 9.53 Å². The molecule has 1 aromatic heterocycles. The molecule has 3 aromatic rings. The van der Waals surface area contributed by atoms with Crippen molar-refractivity contribution in [3.8, 4) is 5.75 Å². The fraction of sp³-hybridized carbons (Fsp3) is 0.0625. The van der Waals surface area contributed by atoms with E-state index in [1.807, 2.05) is 24.3 Å². The van der Waals surface area contributed by atoms with Gasteiger partial charge in [0.15, 0.2) is 0 Å². The first-order chi connectivity index (χ1) is 10.5. The van der Waals surface area contributed by atoms with Gasteiger partial charge in [-0.2, -0.15) is 0 Å². The maximum absolute atomic E-state index is 12.3. The molecule has 0 amide bonds. The van der Waals surface area contributed by atoms with Crippen molar-refractivity contribution in [2.45, 2.75) is 6.92 Å². The molecule has 0 aliphatic heterocycles. The Kier molecular flexibility index (Phi) is 4.33. The highest BCUT2D eigenvalue weighted by Gasteiger charge is 2.19. The van der Waals surface area contributed by atoms with Gasteiger partial charge in [0.25, 0.3) is 0 Å². The van der Waals surface area contributed by atoms with Crippen molar-refractivity contribution in [1.29, 1.82) is 0 Å². The second kappa shape index (κ2) is 6.09. The number of carbonyl (C=O) groups is 1. The van der Waals surface area contributed by atoms with Gasteiger partial charge in [-0.15, -0.1) is 11.3 Å². The Morgan fingerprint density at radius 1 is 1.09 bits per heavy atom. The molecule has 2 aromatic carbocycles. The lowest BCUT2D eigenvalue weighted by Crippen LogP contribution is -2.07. The first kappa shape index (κ1) is 15.6. The number of carbonyl (C=O) groups excluding carboxylic acids is 1. The monoisotopic (exact) mass is 370 g/mol. The summed E-state index contributed by atoms with van der Waals surface area (Å²) in [5.41, 5.74) is 0.739. The molecule has 112 valence electrons. The number of ether oxygens (including phenoxy) is 1. The number of hydrogen-bond acceptors (Lipinski definition) is 3. The third-order valence-corrected chi connectivity index (χ3v) is 5.63. The smallest absolute Gasteiger partial charge is 0.355 e. The fourth-order valence-corrected chi connectivity index (χ4v) is 3.83. The molecule has 2 nitrogen and oxygen atoms in total. The summed E-state index contributed by atoms with van der Waals surface area (Å²) in [5.74, 6) is -0.235. The van der Waals surface area contributed by atoms with Crippen molar-refractivity contribution in [3.05, 3.63) is 61.9 Å². The Hall–Kier alpha value is -1.26. The zero-order valence-corrected chi connectivity index (χ0v) is 14.4. The van der Waals surface area contributed by atoms with Gasteiger partial charge in [0, 0.05) is 20.1 Å². The summed E-state index contributed by atoms with van der Waals surface area (Å²) < 4.78 is 6.28. The predicted octanol–water partition coefficient (Wildman–Crippen LogP) is 6.39. The average Bonchev–Trinajstić information content (AvgIpc) is 2.82. The Morgan fingerprint density at radius 3 is 2.36 bits per heavy atom. The van der Waals surface area contributed by atoms with Gasteiger partial charge in [0.1, 0.15) is 10.6 Å². The standard InChI is InChI=1S/C16H9Cl3O2S/c1-8-11(17)6-9(7-12(8)18)21-16(20)15-14(19)10-4-2-3-5-13(10)22-15/h2-7H,1H3. The lowest BCUT2D eigenvalue weighted by atomic mass is 10.2.